The summed E-state index contributed by atoms with van der Waals surface area (Å²) in [5.41, 5.74) is 6.15. The van der Waals surface area contributed by atoms with Crippen LogP contribution in [-0.4, -0.2) is 26.6 Å². The molecule has 2 aliphatic rings. The first-order chi connectivity index (χ1) is 17.0. The second-order valence-electron chi connectivity index (χ2n) is 8.71. The third kappa shape index (κ3) is 3.57. The number of hydrogen-bond acceptors (Lipinski definition) is 5. The van der Waals surface area contributed by atoms with E-state index in [-0.39, 0.29) is 24.6 Å². The van der Waals surface area contributed by atoms with Crippen LogP contribution < -0.4 is 19.7 Å². The van der Waals surface area contributed by atoms with Gasteiger partial charge in [-0.05, 0) is 86.2 Å². The fourth-order valence-electron chi connectivity index (χ4n) is 5.07. The average Bonchev–Trinajstić information content (AvgIpc) is 3.55. The van der Waals surface area contributed by atoms with E-state index in [1.807, 2.05) is 48.5 Å². The van der Waals surface area contributed by atoms with Crippen molar-refractivity contribution < 1.29 is 14.6 Å². The van der Waals surface area contributed by atoms with E-state index in [2.05, 4.69) is 39.7 Å². The van der Waals surface area contributed by atoms with Crippen LogP contribution in [0.3, 0.4) is 0 Å². The van der Waals surface area contributed by atoms with Crippen molar-refractivity contribution in [3.05, 3.63) is 95.6 Å². The second-order valence-corrected chi connectivity index (χ2v) is 9.10. The van der Waals surface area contributed by atoms with E-state index >= 15 is 0 Å². The molecule has 4 heterocycles. The number of phenolic OH excluding ortho intramolecular Hbond substituents is 1. The average molecular weight is 485 g/mol. The van der Waals surface area contributed by atoms with Crippen molar-refractivity contribution in [2.24, 2.45) is 0 Å². The predicted octanol–water partition coefficient (Wildman–Crippen LogP) is 5.10. The van der Waals surface area contributed by atoms with Crippen LogP contribution in [0, 0.1) is 13.8 Å². The number of aromatic hydroxyl groups is 1. The maximum Gasteiger partial charge on any atom is 0.231 e. The van der Waals surface area contributed by atoms with Gasteiger partial charge in [0.1, 0.15) is 5.75 Å². The molecule has 2 N–H and O–H groups in total. The van der Waals surface area contributed by atoms with Gasteiger partial charge in [-0.25, -0.2) is 0 Å². The summed E-state index contributed by atoms with van der Waals surface area (Å²) in [6.45, 7) is 4.47. The summed E-state index contributed by atoms with van der Waals surface area (Å²) in [4.78, 5) is 6.75. The molecule has 35 heavy (non-hydrogen) atoms. The zero-order chi connectivity index (χ0) is 24.1. The third-order valence-electron chi connectivity index (χ3n) is 6.63. The molecule has 1 fully saturated rings. The Balaban J connectivity index is 1.50. The summed E-state index contributed by atoms with van der Waals surface area (Å²) >= 11 is 5.83. The van der Waals surface area contributed by atoms with Crippen molar-refractivity contribution >= 4 is 23.0 Å². The van der Waals surface area contributed by atoms with Gasteiger partial charge in [0.05, 0.1) is 17.8 Å². The molecule has 0 radical (unpaired) electrons. The van der Waals surface area contributed by atoms with E-state index in [1.165, 1.54) is 0 Å². The summed E-state index contributed by atoms with van der Waals surface area (Å²) in [5.74, 6) is 1.72. The molecule has 2 atom stereocenters. The van der Waals surface area contributed by atoms with Gasteiger partial charge in [-0.3, -0.25) is 4.98 Å². The van der Waals surface area contributed by atoms with E-state index in [9.17, 15) is 5.11 Å². The van der Waals surface area contributed by atoms with E-state index in [4.69, 9.17) is 21.7 Å². The molecule has 2 aromatic carbocycles. The molecule has 176 valence electrons. The molecule has 0 saturated carbocycles. The normalized spacial score (nSPS) is 18.7. The Hall–Kier alpha value is -4.04. The SMILES string of the molecule is Cc1cc([C@@H]2[C@H](c3ccccn3)NC(=S)N2c2ccc(O)cc2)c(C)n1-c1ccc2c(c1)OCO2. The van der Waals surface area contributed by atoms with Gasteiger partial charge < -0.3 is 29.4 Å². The molecule has 0 unspecified atom stereocenters. The molecular weight excluding hydrogens is 460 g/mol. The van der Waals surface area contributed by atoms with Crippen LogP contribution >= 0.6 is 12.2 Å². The highest BCUT2D eigenvalue weighted by molar-refractivity contribution is 7.80. The molecule has 1 saturated heterocycles. The minimum Gasteiger partial charge on any atom is -0.508 e. The molecule has 0 aliphatic carbocycles. The highest BCUT2D eigenvalue weighted by Crippen LogP contribution is 2.44. The van der Waals surface area contributed by atoms with E-state index in [0.29, 0.717) is 5.11 Å². The van der Waals surface area contributed by atoms with Crippen molar-refractivity contribution in [1.29, 1.82) is 0 Å². The number of phenols is 1. The lowest BCUT2D eigenvalue weighted by atomic mass is 9.96. The number of nitrogens with zero attached hydrogens (tertiary/aromatic N) is 3. The predicted molar refractivity (Wildman–Crippen MR) is 137 cm³/mol. The maximum absolute atomic E-state index is 9.86. The molecule has 6 rings (SSSR count). The van der Waals surface area contributed by atoms with E-state index in [0.717, 1.165) is 45.5 Å². The van der Waals surface area contributed by atoms with Crippen molar-refractivity contribution in [3.63, 3.8) is 0 Å². The molecule has 0 spiro atoms. The van der Waals surface area contributed by atoms with Gasteiger partial charge in [-0.15, -0.1) is 0 Å². The number of benzene rings is 2. The smallest absolute Gasteiger partial charge is 0.231 e. The molecule has 0 amide bonds. The van der Waals surface area contributed by atoms with Crippen LogP contribution in [0.4, 0.5) is 5.69 Å². The Morgan fingerprint density at radius 2 is 1.74 bits per heavy atom. The molecule has 0 bridgehead atoms. The maximum atomic E-state index is 9.86. The number of nitrogens with one attached hydrogen (secondary N) is 1. The minimum atomic E-state index is -0.150. The monoisotopic (exact) mass is 484 g/mol. The number of anilines is 1. The van der Waals surface area contributed by atoms with Gasteiger partial charge in [-0.2, -0.15) is 0 Å². The molecular formula is C27H24N4O3S. The lowest BCUT2D eigenvalue weighted by Gasteiger charge is -2.28. The number of ether oxygens (including phenoxy) is 2. The first-order valence-corrected chi connectivity index (χ1v) is 11.8. The fraction of sp³-hybridized carbons (Fsp3) is 0.185. The van der Waals surface area contributed by atoms with Gasteiger partial charge in [0, 0.05) is 35.0 Å². The highest BCUT2D eigenvalue weighted by Gasteiger charge is 2.42. The standard InChI is InChI=1S/C27H24N4O3S/c1-16-13-21(17(2)30(16)19-8-11-23-24(14-19)34-15-33-23)26-25(22-5-3-4-12-28-22)29-27(35)31(26)18-6-9-20(32)10-7-18/h3-14,25-26,32H,15H2,1-2H3,(H,29,35)/t25-,26+/m0/s1. The summed E-state index contributed by atoms with van der Waals surface area (Å²) in [6.07, 6.45) is 1.80. The Kier molecular flexibility index (Phi) is 5.11. The molecule has 7 nitrogen and oxygen atoms in total. The number of rotatable bonds is 4. The third-order valence-corrected chi connectivity index (χ3v) is 6.94. The zero-order valence-electron chi connectivity index (χ0n) is 19.3. The number of aromatic nitrogens is 2. The topological polar surface area (TPSA) is 71.8 Å². The summed E-state index contributed by atoms with van der Waals surface area (Å²) < 4.78 is 13.3. The van der Waals surface area contributed by atoms with E-state index < -0.39 is 0 Å². The first-order valence-electron chi connectivity index (χ1n) is 11.4. The van der Waals surface area contributed by atoms with Crippen LogP contribution in [0.2, 0.25) is 0 Å². The van der Waals surface area contributed by atoms with Crippen LogP contribution in [0.5, 0.6) is 17.2 Å². The molecule has 8 heteroatoms. The van der Waals surface area contributed by atoms with E-state index in [1.54, 1.807) is 18.3 Å². The molecule has 4 aromatic rings. The van der Waals surface area contributed by atoms with Gasteiger partial charge in [-0.1, -0.05) is 6.07 Å². The van der Waals surface area contributed by atoms with Gasteiger partial charge in [0.2, 0.25) is 6.79 Å². The lowest BCUT2D eigenvalue weighted by molar-refractivity contribution is 0.174. The van der Waals surface area contributed by atoms with Gasteiger partial charge in [0.25, 0.3) is 0 Å². The Morgan fingerprint density at radius 1 is 0.971 bits per heavy atom. The fourth-order valence-corrected chi connectivity index (χ4v) is 5.42. The first kappa shape index (κ1) is 21.5. The number of fused-ring (bicyclic) bond motifs is 1. The summed E-state index contributed by atoms with van der Waals surface area (Å²) in [6, 6.07) is 21.0. The molecule has 2 aromatic heterocycles. The number of aryl methyl sites for hydroxylation is 1. The van der Waals surface area contributed by atoms with Crippen molar-refractivity contribution in [1.82, 2.24) is 14.9 Å². The van der Waals surface area contributed by atoms with Gasteiger partial charge >= 0.3 is 0 Å². The largest absolute Gasteiger partial charge is 0.508 e. The van der Waals surface area contributed by atoms with Crippen molar-refractivity contribution in [2.75, 3.05) is 11.7 Å². The Bertz CT molecular complexity index is 1420. The lowest BCUT2D eigenvalue weighted by Crippen LogP contribution is -2.29. The Labute approximate surface area is 208 Å². The molecule has 2 aliphatic heterocycles. The number of thiocarbonyl (C=S) groups is 1. The van der Waals surface area contributed by atoms with Crippen molar-refractivity contribution in [2.45, 2.75) is 25.9 Å². The zero-order valence-corrected chi connectivity index (χ0v) is 20.1. The van der Waals surface area contributed by atoms with Crippen LogP contribution in [-0.2, 0) is 0 Å². The second kappa shape index (κ2) is 8.32. The van der Waals surface area contributed by atoms with Gasteiger partial charge in [0.15, 0.2) is 16.6 Å². The van der Waals surface area contributed by atoms with Crippen LogP contribution in [0.15, 0.2) is 72.9 Å². The Morgan fingerprint density at radius 3 is 2.51 bits per heavy atom. The van der Waals surface area contributed by atoms with Crippen molar-refractivity contribution in [3.8, 4) is 22.9 Å². The quantitative estimate of drug-likeness (QED) is 0.391. The highest BCUT2D eigenvalue weighted by atomic mass is 32.1. The van der Waals surface area contributed by atoms with Crippen LogP contribution in [0.25, 0.3) is 5.69 Å². The van der Waals surface area contributed by atoms with Crippen LogP contribution in [0.1, 0.15) is 34.7 Å². The summed E-state index contributed by atoms with van der Waals surface area (Å²) in [5, 5.41) is 14.0. The minimum absolute atomic E-state index is 0.143. The number of pyridine rings is 1. The number of hydrogen-bond donors (Lipinski definition) is 2. The summed E-state index contributed by atoms with van der Waals surface area (Å²) in [7, 11) is 0.